The zero-order valence-corrected chi connectivity index (χ0v) is 11.7. The van der Waals surface area contributed by atoms with Gasteiger partial charge < -0.3 is 0 Å². The predicted molar refractivity (Wildman–Crippen MR) is 75.4 cm³/mol. The molecule has 0 N–H and O–H groups in total. The van der Waals surface area contributed by atoms with Gasteiger partial charge in [0.1, 0.15) is 6.33 Å². The molecular weight excluding hydrogens is 272 g/mol. The fraction of sp³-hybridized carbons (Fsp3) is 0.375. The Kier molecular flexibility index (Phi) is 4.20. The molecular formula is C16H17F2N3. The van der Waals surface area contributed by atoms with Crippen LogP contribution in [0.15, 0.2) is 36.8 Å². The standard InChI is InChI=1S/C16H17F2N3/c17-13-5-3-4-12(16(13)18)10-21-9-2-1-6-15(21)14-7-8-19-11-20-14/h3-5,7-8,11,15H,1-2,6,9-10H2/t15-/m1/s1. The summed E-state index contributed by atoms with van der Waals surface area (Å²) in [5.74, 6) is -1.53. The van der Waals surface area contributed by atoms with Crippen LogP contribution in [0.1, 0.15) is 36.6 Å². The van der Waals surface area contributed by atoms with E-state index in [1.54, 1.807) is 18.3 Å². The lowest BCUT2D eigenvalue weighted by Crippen LogP contribution is -2.33. The van der Waals surface area contributed by atoms with Crippen molar-refractivity contribution in [1.29, 1.82) is 0 Å². The van der Waals surface area contributed by atoms with Gasteiger partial charge in [-0.2, -0.15) is 0 Å². The maximum atomic E-state index is 13.9. The van der Waals surface area contributed by atoms with E-state index in [-0.39, 0.29) is 6.04 Å². The molecule has 1 aromatic carbocycles. The van der Waals surface area contributed by atoms with Crippen LogP contribution in [-0.2, 0) is 6.54 Å². The summed E-state index contributed by atoms with van der Waals surface area (Å²) in [5.41, 5.74) is 1.34. The molecule has 1 aromatic heterocycles. The van der Waals surface area contributed by atoms with Crippen molar-refractivity contribution in [2.45, 2.75) is 31.8 Å². The summed E-state index contributed by atoms with van der Waals surface area (Å²) in [6, 6.07) is 6.38. The lowest BCUT2D eigenvalue weighted by Gasteiger charge is -2.35. The van der Waals surface area contributed by atoms with Gasteiger partial charge in [0.25, 0.3) is 0 Å². The SMILES string of the molecule is Fc1cccc(CN2CCCC[C@@H]2c2ccncn2)c1F. The van der Waals surface area contributed by atoms with Gasteiger partial charge in [-0.25, -0.2) is 18.7 Å². The summed E-state index contributed by atoms with van der Waals surface area (Å²) in [5, 5.41) is 0. The molecule has 0 aliphatic carbocycles. The zero-order valence-electron chi connectivity index (χ0n) is 11.7. The predicted octanol–water partition coefficient (Wildman–Crippen LogP) is 3.48. The van der Waals surface area contributed by atoms with E-state index in [4.69, 9.17) is 0 Å². The van der Waals surface area contributed by atoms with E-state index in [9.17, 15) is 8.78 Å². The van der Waals surface area contributed by atoms with Crippen LogP contribution in [0, 0.1) is 11.6 Å². The topological polar surface area (TPSA) is 29.0 Å². The summed E-state index contributed by atoms with van der Waals surface area (Å²) < 4.78 is 27.2. The van der Waals surface area contributed by atoms with Gasteiger partial charge in [0.2, 0.25) is 0 Å². The van der Waals surface area contributed by atoms with E-state index in [0.29, 0.717) is 12.1 Å². The van der Waals surface area contributed by atoms with E-state index in [0.717, 1.165) is 37.6 Å². The summed E-state index contributed by atoms with van der Waals surface area (Å²) in [7, 11) is 0. The fourth-order valence-corrected chi connectivity index (χ4v) is 2.90. The van der Waals surface area contributed by atoms with E-state index in [1.807, 2.05) is 6.07 Å². The number of hydrogen-bond acceptors (Lipinski definition) is 3. The Morgan fingerprint density at radius 2 is 2.10 bits per heavy atom. The Bertz CT molecular complexity index is 604. The molecule has 110 valence electrons. The van der Waals surface area contributed by atoms with E-state index in [2.05, 4.69) is 14.9 Å². The molecule has 0 spiro atoms. The van der Waals surface area contributed by atoms with Crippen molar-refractivity contribution in [1.82, 2.24) is 14.9 Å². The minimum atomic E-state index is -0.789. The first-order valence-electron chi connectivity index (χ1n) is 7.18. The van der Waals surface area contributed by atoms with Gasteiger partial charge in [-0.3, -0.25) is 4.90 Å². The molecule has 3 nitrogen and oxygen atoms in total. The summed E-state index contributed by atoms with van der Waals surface area (Å²) in [6.07, 6.45) is 6.42. The Balaban J connectivity index is 1.83. The average Bonchev–Trinajstić information content (AvgIpc) is 2.53. The third-order valence-corrected chi connectivity index (χ3v) is 3.96. The highest BCUT2D eigenvalue weighted by atomic mass is 19.2. The summed E-state index contributed by atoms with van der Waals surface area (Å²) in [4.78, 5) is 10.4. The molecule has 5 heteroatoms. The van der Waals surface area contributed by atoms with Crippen LogP contribution in [0.25, 0.3) is 0 Å². The zero-order chi connectivity index (χ0) is 14.7. The van der Waals surface area contributed by atoms with Crippen LogP contribution in [0.2, 0.25) is 0 Å². The van der Waals surface area contributed by atoms with Crippen LogP contribution in [0.3, 0.4) is 0 Å². The Hall–Kier alpha value is -1.88. The van der Waals surface area contributed by atoms with Crippen molar-refractivity contribution < 1.29 is 8.78 Å². The van der Waals surface area contributed by atoms with Crippen LogP contribution in [-0.4, -0.2) is 21.4 Å². The minimum absolute atomic E-state index is 0.143. The highest BCUT2D eigenvalue weighted by Crippen LogP contribution is 2.31. The van der Waals surface area contributed by atoms with Crippen LogP contribution in [0.5, 0.6) is 0 Å². The Morgan fingerprint density at radius 1 is 1.19 bits per heavy atom. The first-order chi connectivity index (χ1) is 10.3. The van der Waals surface area contributed by atoms with E-state index < -0.39 is 11.6 Å². The van der Waals surface area contributed by atoms with Crippen molar-refractivity contribution in [3.05, 3.63) is 59.7 Å². The number of benzene rings is 1. The maximum absolute atomic E-state index is 13.9. The summed E-state index contributed by atoms with van der Waals surface area (Å²) in [6.45, 7) is 1.27. The Labute approximate surface area is 122 Å². The monoisotopic (exact) mass is 289 g/mol. The third-order valence-electron chi connectivity index (χ3n) is 3.96. The molecule has 1 atom stereocenters. The van der Waals surface area contributed by atoms with Crippen molar-refractivity contribution in [3.63, 3.8) is 0 Å². The summed E-state index contributed by atoms with van der Waals surface area (Å²) >= 11 is 0. The van der Waals surface area contributed by atoms with Crippen molar-refractivity contribution >= 4 is 0 Å². The molecule has 1 saturated heterocycles. The molecule has 0 amide bonds. The van der Waals surface area contributed by atoms with Crippen molar-refractivity contribution in [3.8, 4) is 0 Å². The van der Waals surface area contributed by atoms with Gasteiger partial charge in [0.05, 0.1) is 11.7 Å². The lowest BCUT2D eigenvalue weighted by molar-refractivity contribution is 0.135. The third kappa shape index (κ3) is 3.08. The molecule has 1 fully saturated rings. The molecule has 0 radical (unpaired) electrons. The number of halogens is 2. The van der Waals surface area contributed by atoms with Gasteiger partial charge >= 0.3 is 0 Å². The molecule has 0 bridgehead atoms. The highest BCUT2D eigenvalue weighted by Gasteiger charge is 2.26. The molecule has 1 aliphatic rings. The number of nitrogens with zero attached hydrogens (tertiary/aromatic N) is 3. The quantitative estimate of drug-likeness (QED) is 0.866. The molecule has 1 aliphatic heterocycles. The van der Waals surface area contributed by atoms with Crippen LogP contribution in [0.4, 0.5) is 8.78 Å². The van der Waals surface area contributed by atoms with Crippen LogP contribution >= 0.6 is 0 Å². The minimum Gasteiger partial charge on any atom is -0.290 e. The normalized spacial score (nSPS) is 19.6. The molecule has 2 aromatic rings. The van der Waals surface area contributed by atoms with E-state index >= 15 is 0 Å². The van der Waals surface area contributed by atoms with Crippen molar-refractivity contribution in [2.24, 2.45) is 0 Å². The molecule has 2 heterocycles. The van der Waals surface area contributed by atoms with Gasteiger partial charge in [-0.15, -0.1) is 0 Å². The molecule has 0 saturated carbocycles. The van der Waals surface area contributed by atoms with Crippen LogP contribution < -0.4 is 0 Å². The molecule has 3 rings (SSSR count). The van der Waals surface area contributed by atoms with Gasteiger partial charge in [-0.1, -0.05) is 18.6 Å². The number of likely N-dealkylation sites (tertiary alicyclic amines) is 1. The maximum Gasteiger partial charge on any atom is 0.163 e. The second kappa shape index (κ2) is 6.26. The average molecular weight is 289 g/mol. The second-order valence-electron chi connectivity index (χ2n) is 5.33. The Morgan fingerprint density at radius 3 is 2.90 bits per heavy atom. The number of hydrogen-bond donors (Lipinski definition) is 0. The molecule has 21 heavy (non-hydrogen) atoms. The van der Waals surface area contributed by atoms with E-state index in [1.165, 1.54) is 6.33 Å². The van der Waals surface area contributed by atoms with Gasteiger partial charge in [0, 0.05) is 18.3 Å². The second-order valence-corrected chi connectivity index (χ2v) is 5.33. The number of piperidine rings is 1. The smallest absolute Gasteiger partial charge is 0.163 e. The van der Waals surface area contributed by atoms with Gasteiger partial charge in [0.15, 0.2) is 11.6 Å². The highest BCUT2D eigenvalue weighted by molar-refractivity contribution is 5.19. The number of aromatic nitrogens is 2. The first kappa shape index (κ1) is 14.1. The number of rotatable bonds is 3. The van der Waals surface area contributed by atoms with Crippen molar-refractivity contribution in [2.75, 3.05) is 6.54 Å². The lowest BCUT2D eigenvalue weighted by atomic mass is 9.98. The first-order valence-corrected chi connectivity index (χ1v) is 7.18. The fourth-order valence-electron chi connectivity index (χ4n) is 2.90. The molecule has 0 unspecified atom stereocenters. The largest absolute Gasteiger partial charge is 0.290 e. The van der Waals surface area contributed by atoms with Gasteiger partial charge in [-0.05, 0) is 31.5 Å².